The van der Waals surface area contributed by atoms with Gasteiger partial charge in [-0.25, -0.2) is 0 Å². The highest BCUT2D eigenvalue weighted by atomic mass is 31.2. The molecule has 0 fully saturated rings. The number of nitrogens with one attached hydrogen (secondary N) is 2. The standard InChI is InChI=1S/C30H29N2O5P/c33-30(31-17-16-21-10-13-24(14-11-21)23-6-2-1-3-7-23)27(32-20-38(34,35)36)18-22-12-15-26-25-8-4-5-9-28(25)37-29(26)19-22/h1-15,19,27,32H,16-18,20H2,(H,31,33)(H2,34,35,36)/t27-/m0/s1. The largest absolute Gasteiger partial charge is 0.456 e. The van der Waals surface area contributed by atoms with Crippen molar-refractivity contribution in [2.75, 3.05) is 12.8 Å². The molecule has 0 saturated heterocycles. The fraction of sp³-hybridized carbons (Fsp3) is 0.167. The minimum atomic E-state index is -4.34. The second kappa shape index (κ2) is 11.3. The van der Waals surface area contributed by atoms with E-state index >= 15 is 0 Å². The molecule has 1 amide bonds. The Balaban J connectivity index is 1.24. The first kappa shape index (κ1) is 25.9. The summed E-state index contributed by atoms with van der Waals surface area (Å²) in [6.45, 7) is 0.403. The number of carbonyl (C=O) groups excluding carboxylic acids is 1. The van der Waals surface area contributed by atoms with E-state index in [0.29, 0.717) is 18.5 Å². The number of amides is 1. The number of rotatable bonds is 10. The van der Waals surface area contributed by atoms with Gasteiger partial charge in [-0.1, -0.05) is 84.9 Å². The van der Waals surface area contributed by atoms with E-state index in [2.05, 4.69) is 34.9 Å². The molecule has 0 unspecified atom stereocenters. The molecule has 38 heavy (non-hydrogen) atoms. The first-order valence-electron chi connectivity index (χ1n) is 12.5. The molecule has 0 aliphatic heterocycles. The molecule has 0 radical (unpaired) electrons. The summed E-state index contributed by atoms with van der Waals surface area (Å²) in [5, 5.41) is 7.66. The molecule has 194 valence electrons. The minimum Gasteiger partial charge on any atom is -0.456 e. The predicted molar refractivity (Wildman–Crippen MR) is 150 cm³/mol. The van der Waals surface area contributed by atoms with Gasteiger partial charge in [-0.15, -0.1) is 0 Å². The number of benzene rings is 4. The molecule has 0 aliphatic rings. The predicted octanol–water partition coefficient (Wildman–Crippen LogP) is 5.25. The molecule has 1 atom stereocenters. The van der Waals surface area contributed by atoms with E-state index in [1.165, 1.54) is 0 Å². The molecule has 0 spiro atoms. The zero-order chi connectivity index (χ0) is 26.5. The Morgan fingerprint density at radius 3 is 2.21 bits per heavy atom. The molecule has 5 rings (SSSR count). The first-order chi connectivity index (χ1) is 18.4. The van der Waals surface area contributed by atoms with Gasteiger partial charge < -0.3 is 19.5 Å². The lowest BCUT2D eigenvalue weighted by molar-refractivity contribution is -0.123. The lowest BCUT2D eigenvalue weighted by Crippen LogP contribution is -2.46. The summed E-state index contributed by atoms with van der Waals surface area (Å²) in [6, 6.07) is 31.0. The van der Waals surface area contributed by atoms with Gasteiger partial charge in [0.05, 0.1) is 12.3 Å². The highest BCUT2D eigenvalue weighted by Gasteiger charge is 2.23. The number of hydrogen-bond acceptors (Lipinski definition) is 4. The highest BCUT2D eigenvalue weighted by Crippen LogP contribution is 2.33. The Morgan fingerprint density at radius 1 is 0.789 bits per heavy atom. The average molecular weight is 529 g/mol. The third-order valence-corrected chi connectivity index (χ3v) is 7.11. The Kier molecular flexibility index (Phi) is 7.72. The number of fused-ring (bicyclic) bond motifs is 3. The van der Waals surface area contributed by atoms with Crippen molar-refractivity contribution < 1.29 is 23.6 Å². The summed E-state index contributed by atoms with van der Waals surface area (Å²) in [7, 11) is -4.34. The van der Waals surface area contributed by atoms with Gasteiger partial charge in [0.1, 0.15) is 11.2 Å². The Labute approximate surface area is 220 Å². The number of para-hydroxylation sites is 1. The van der Waals surface area contributed by atoms with Crippen molar-refractivity contribution in [3.63, 3.8) is 0 Å². The van der Waals surface area contributed by atoms with Crippen LogP contribution in [-0.4, -0.2) is 34.6 Å². The van der Waals surface area contributed by atoms with Gasteiger partial charge in [-0.05, 0) is 47.2 Å². The maximum absolute atomic E-state index is 13.0. The minimum absolute atomic E-state index is 0.255. The summed E-state index contributed by atoms with van der Waals surface area (Å²) in [4.78, 5) is 31.8. The zero-order valence-corrected chi connectivity index (χ0v) is 21.6. The van der Waals surface area contributed by atoms with Gasteiger partial charge in [0.2, 0.25) is 5.91 Å². The molecule has 8 heteroatoms. The number of furan rings is 1. The normalized spacial score (nSPS) is 12.6. The van der Waals surface area contributed by atoms with Crippen molar-refractivity contribution in [2.45, 2.75) is 18.9 Å². The SMILES string of the molecule is O=C(NCCc1ccc(-c2ccccc2)cc1)[C@H](Cc1ccc2c(c1)oc1ccccc12)NCP(=O)(O)O. The van der Waals surface area contributed by atoms with Crippen LogP contribution >= 0.6 is 7.60 Å². The monoisotopic (exact) mass is 528 g/mol. The fourth-order valence-corrected chi connectivity index (χ4v) is 5.03. The Hall–Kier alpha value is -3.74. The number of carbonyl (C=O) groups is 1. The van der Waals surface area contributed by atoms with Gasteiger partial charge in [-0.3, -0.25) is 14.7 Å². The van der Waals surface area contributed by atoms with Crippen molar-refractivity contribution in [3.8, 4) is 11.1 Å². The van der Waals surface area contributed by atoms with E-state index in [-0.39, 0.29) is 12.3 Å². The summed E-state index contributed by atoms with van der Waals surface area (Å²) < 4.78 is 17.5. The van der Waals surface area contributed by atoms with Crippen LogP contribution in [-0.2, 0) is 22.2 Å². The quantitative estimate of drug-likeness (QED) is 0.184. The molecular weight excluding hydrogens is 499 g/mol. The van der Waals surface area contributed by atoms with Gasteiger partial charge in [0.15, 0.2) is 0 Å². The topological polar surface area (TPSA) is 112 Å². The van der Waals surface area contributed by atoms with E-state index in [0.717, 1.165) is 38.6 Å². The molecule has 4 N–H and O–H groups in total. The van der Waals surface area contributed by atoms with Crippen molar-refractivity contribution in [3.05, 3.63) is 108 Å². The van der Waals surface area contributed by atoms with E-state index in [1.807, 2.05) is 72.8 Å². The van der Waals surface area contributed by atoms with Crippen LogP contribution in [0.4, 0.5) is 0 Å². The third kappa shape index (κ3) is 6.39. The summed E-state index contributed by atoms with van der Waals surface area (Å²) in [5.74, 6) is -0.316. The molecule has 0 saturated carbocycles. The highest BCUT2D eigenvalue weighted by molar-refractivity contribution is 7.51. The van der Waals surface area contributed by atoms with E-state index < -0.39 is 19.9 Å². The van der Waals surface area contributed by atoms with Crippen LogP contribution in [0, 0.1) is 0 Å². The maximum Gasteiger partial charge on any atom is 0.339 e. The van der Waals surface area contributed by atoms with E-state index in [9.17, 15) is 19.1 Å². The third-order valence-electron chi connectivity index (χ3n) is 6.52. The lowest BCUT2D eigenvalue weighted by atomic mass is 10.0. The smallest absolute Gasteiger partial charge is 0.339 e. The van der Waals surface area contributed by atoms with Crippen LogP contribution in [0.3, 0.4) is 0 Å². The second-order valence-corrected chi connectivity index (χ2v) is 11.0. The van der Waals surface area contributed by atoms with Gasteiger partial charge in [0.25, 0.3) is 0 Å². The molecule has 1 heterocycles. The molecule has 0 bridgehead atoms. The van der Waals surface area contributed by atoms with Gasteiger partial charge in [0, 0.05) is 17.3 Å². The summed E-state index contributed by atoms with van der Waals surface area (Å²) >= 11 is 0. The molecule has 5 aromatic rings. The number of hydrogen-bond donors (Lipinski definition) is 4. The Morgan fingerprint density at radius 2 is 1.45 bits per heavy atom. The maximum atomic E-state index is 13.0. The molecule has 7 nitrogen and oxygen atoms in total. The van der Waals surface area contributed by atoms with Crippen molar-refractivity contribution in [1.82, 2.24) is 10.6 Å². The van der Waals surface area contributed by atoms with E-state index in [1.54, 1.807) is 0 Å². The molecule has 0 aliphatic carbocycles. The average Bonchev–Trinajstić information content (AvgIpc) is 3.29. The molecule has 4 aromatic carbocycles. The van der Waals surface area contributed by atoms with E-state index in [4.69, 9.17) is 4.42 Å². The van der Waals surface area contributed by atoms with Crippen LogP contribution in [0.25, 0.3) is 33.1 Å². The van der Waals surface area contributed by atoms with Crippen molar-refractivity contribution >= 4 is 35.4 Å². The fourth-order valence-electron chi connectivity index (χ4n) is 4.57. The lowest BCUT2D eigenvalue weighted by Gasteiger charge is -2.19. The Bertz CT molecular complexity index is 1590. The van der Waals surface area contributed by atoms with Crippen LogP contribution in [0.1, 0.15) is 11.1 Å². The van der Waals surface area contributed by atoms with Crippen LogP contribution in [0.2, 0.25) is 0 Å². The second-order valence-electron chi connectivity index (χ2n) is 9.32. The molecular formula is C30H29N2O5P. The van der Waals surface area contributed by atoms with Crippen molar-refractivity contribution in [2.24, 2.45) is 0 Å². The van der Waals surface area contributed by atoms with Crippen LogP contribution < -0.4 is 10.6 Å². The van der Waals surface area contributed by atoms with Gasteiger partial charge >= 0.3 is 7.60 Å². The summed E-state index contributed by atoms with van der Waals surface area (Å²) in [6.07, 6.45) is 0.306. The first-order valence-corrected chi connectivity index (χ1v) is 14.3. The van der Waals surface area contributed by atoms with Crippen LogP contribution in [0.5, 0.6) is 0 Å². The van der Waals surface area contributed by atoms with Crippen LogP contribution in [0.15, 0.2) is 101 Å². The summed E-state index contributed by atoms with van der Waals surface area (Å²) in [5.41, 5.74) is 5.67. The van der Waals surface area contributed by atoms with Crippen molar-refractivity contribution in [1.29, 1.82) is 0 Å². The zero-order valence-electron chi connectivity index (χ0n) is 20.7. The van der Waals surface area contributed by atoms with Gasteiger partial charge in [-0.2, -0.15) is 0 Å². The molecule has 1 aromatic heterocycles.